The molecule has 1 aliphatic rings. The number of hydrazine groups is 1. The first-order valence-corrected chi connectivity index (χ1v) is 9.28. The van der Waals surface area contributed by atoms with Gasteiger partial charge in [-0.25, -0.2) is 8.42 Å². The lowest BCUT2D eigenvalue weighted by molar-refractivity contribution is -0.124. The number of carbonyl (C=O) groups is 1. The van der Waals surface area contributed by atoms with Gasteiger partial charge in [-0.1, -0.05) is 36.4 Å². The topological polar surface area (TPSA) is 66.5 Å². The zero-order chi connectivity index (χ0) is 16.3. The van der Waals surface area contributed by atoms with Crippen LogP contribution in [0.4, 0.5) is 11.4 Å². The molecule has 2 aromatic carbocycles. The second-order valence-corrected chi connectivity index (χ2v) is 7.81. The Morgan fingerprint density at radius 2 is 1.48 bits per heavy atom. The number of sulfone groups is 1. The Morgan fingerprint density at radius 1 is 0.957 bits per heavy atom. The number of amides is 1. The van der Waals surface area contributed by atoms with Gasteiger partial charge in [0.1, 0.15) is 0 Å². The molecule has 6 heteroatoms. The number of nitrogens with zero attached hydrogens (tertiary/aromatic N) is 1. The van der Waals surface area contributed by atoms with Gasteiger partial charge >= 0.3 is 0 Å². The Kier molecular flexibility index (Phi) is 4.34. The summed E-state index contributed by atoms with van der Waals surface area (Å²) in [7, 11) is -3.08. The number of rotatable bonds is 4. The number of anilines is 2. The Morgan fingerprint density at radius 3 is 1.91 bits per heavy atom. The van der Waals surface area contributed by atoms with Crippen molar-refractivity contribution >= 4 is 27.1 Å². The summed E-state index contributed by atoms with van der Waals surface area (Å²) in [4.78, 5) is 12.5. The minimum absolute atomic E-state index is 0.0732. The average molecular weight is 330 g/mol. The van der Waals surface area contributed by atoms with Gasteiger partial charge < -0.3 is 0 Å². The predicted octanol–water partition coefficient (Wildman–Crippen LogP) is 2.29. The van der Waals surface area contributed by atoms with Gasteiger partial charge in [0.15, 0.2) is 9.84 Å². The zero-order valence-electron chi connectivity index (χ0n) is 12.6. The number of hydrogen-bond donors (Lipinski definition) is 1. The van der Waals surface area contributed by atoms with E-state index < -0.39 is 15.8 Å². The van der Waals surface area contributed by atoms with Crippen molar-refractivity contribution in [3.63, 3.8) is 0 Å². The standard InChI is InChI=1S/C17H18N2O3S/c20-17(14-11-12-23(21,22)13-14)18-19(15-7-3-1-4-8-15)16-9-5-2-6-10-16/h1-10,14H,11-13H2,(H,18,20). The number of carbonyl (C=O) groups excluding carboxylic acids is 1. The Bertz CT molecular complexity index is 737. The largest absolute Gasteiger partial charge is 0.273 e. The maximum Gasteiger partial charge on any atom is 0.242 e. The van der Waals surface area contributed by atoms with Crippen molar-refractivity contribution in [2.24, 2.45) is 5.92 Å². The molecule has 2 aromatic rings. The Hall–Kier alpha value is -2.34. The van der Waals surface area contributed by atoms with Gasteiger partial charge in [-0.2, -0.15) is 0 Å². The molecule has 1 saturated heterocycles. The lowest BCUT2D eigenvalue weighted by atomic mass is 10.1. The lowest BCUT2D eigenvalue weighted by Gasteiger charge is -2.26. The number of hydrogen-bond acceptors (Lipinski definition) is 4. The molecular formula is C17H18N2O3S. The maximum absolute atomic E-state index is 12.5. The number of nitrogens with one attached hydrogen (secondary N) is 1. The second kappa shape index (κ2) is 6.42. The summed E-state index contributed by atoms with van der Waals surface area (Å²) < 4.78 is 23.2. The van der Waals surface area contributed by atoms with E-state index in [1.54, 1.807) is 5.01 Å². The van der Waals surface area contributed by atoms with E-state index in [4.69, 9.17) is 0 Å². The van der Waals surface area contributed by atoms with Crippen molar-refractivity contribution in [3.8, 4) is 0 Å². The van der Waals surface area contributed by atoms with E-state index in [-0.39, 0.29) is 17.4 Å². The van der Waals surface area contributed by atoms with Crippen LogP contribution < -0.4 is 10.4 Å². The molecule has 1 amide bonds. The molecular weight excluding hydrogens is 312 g/mol. The van der Waals surface area contributed by atoms with Crippen molar-refractivity contribution < 1.29 is 13.2 Å². The molecule has 5 nitrogen and oxygen atoms in total. The summed E-state index contributed by atoms with van der Waals surface area (Å²) in [6.45, 7) is 0. The van der Waals surface area contributed by atoms with Crippen LogP contribution in [0.5, 0.6) is 0 Å². The lowest BCUT2D eigenvalue weighted by Crippen LogP contribution is -2.42. The van der Waals surface area contributed by atoms with Crippen LogP contribution in [-0.4, -0.2) is 25.8 Å². The van der Waals surface area contributed by atoms with Gasteiger partial charge in [0, 0.05) is 0 Å². The molecule has 1 heterocycles. The van der Waals surface area contributed by atoms with E-state index in [2.05, 4.69) is 5.43 Å². The SMILES string of the molecule is O=C(NN(c1ccccc1)c1ccccc1)C1CCS(=O)(=O)C1. The molecule has 3 rings (SSSR count). The maximum atomic E-state index is 12.5. The van der Waals surface area contributed by atoms with E-state index in [1.165, 1.54) is 0 Å². The molecule has 1 aliphatic heterocycles. The van der Waals surface area contributed by atoms with Gasteiger partial charge in [-0.3, -0.25) is 15.2 Å². The third-order valence-electron chi connectivity index (χ3n) is 3.85. The van der Waals surface area contributed by atoms with Gasteiger partial charge in [0.2, 0.25) is 5.91 Å². The summed E-state index contributed by atoms with van der Waals surface area (Å²) in [5.74, 6) is -0.744. The number of benzene rings is 2. The highest BCUT2D eigenvalue weighted by Gasteiger charge is 2.33. The van der Waals surface area contributed by atoms with E-state index in [0.717, 1.165) is 11.4 Å². The molecule has 0 radical (unpaired) electrons. The van der Waals surface area contributed by atoms with E-state index in [1.807, 2.05) is 60.7 Å². The van der Waals surface area contributed by atoms with Gasteiger partial charge in [-0.15, -0.1) is 0 Å². The van der Waals surface area contributed by atoms with Crippen molar-refractivity contribution in [1.82, 2.24) is 5.43 Å². The minimum Gasteiger partial charge on any atom is -0.273 e. The molecule has 1 unspecified atom stereocenters. The average Bonchev–Trinajstić information content (AvgIpc) is 2.94. The molecule has 0 aromatic heterocycles. The fourth-order valence-electron chi connectivity index (χ4n) is 2.64. The van der Waals surface area contributed by atoms with Crippen molar-refractivity contribution in [1.29, 1.82) is 0 Å². The highest BCUT2D eigenvalue weighted by atomic mass is 32.2. The third-order valence-corrected chi connectivity index (χ3v) is 5.62. The summed E-state index contributed by atoms with van der Waals surface area (Å²) in [5, 5.41) is 1.69. The summed E-state index contributed by atoms with van der Waals surface area (Å²) in [6.07, 6.45) is 0.381. The molecule has 1 atom stereocenters. The van der Waals surface area contributed by atoms with E-state index >= 15 is 0 Å². The van der Waals surface area contributed by atoms with Crippen molar-refractivity contribution in [3.05, 3.63) is 60.7 Å². The van der Waals surface area contributed by atoms with Crippen LogP contribution in [0.2, 0.25) is 0 Å². The van der Waals surface area contributed by atoms with Crippen LogP contribution in [-0.2, 0) is 14.6 Å². The highest BCUT2D eigenvalue weighted by Crippen LogP contribution is 2.24. The molecule has 120 valence electrons. The first-order chi connectivity index (χ1) is 11.1. The molecule has 1 fully saturated rings. The smallest absolute Gasteiger partial charge is 0.242 e. The van der Waals surface area contributed by atoms with Gasteiger partial charge in [0.25, 0.3) is 0 Å². The molecule has 0 aliphatic carbocycles. The van der Waals surface area contributed by atoms with Crippen LogP contribution in [0.1, 0.15) is 6.42 Å². The van der Waals surface area contributed by atoms with Crippen LogP contribution in [0, 0.1) is 5.92 Å². The van der Waals surface area contributed by atoms with Crippen LogP contribution >= 0.6 is 0 Å². The monoisotopic (exact) mass is 330 g/mol. The van der Waals surface area contributed by atoms with Crippen LogP contribution in [0.3, 0.4) is 0 Å². The van der Waals surface area contributed by atoms with Crippen molar-refractivity contribution in [2.45, 2.75) is 6.42 Å². The van der Waals surface area contributed by atoms with E-state index in [9.17, 15) is 13.2 Å². The van der Waals surface area contributed by atoms with Gasteiger partial charge in [0.05, 0.1) is 28.8 Å². The first-order valence-electron chi connectivity index (χ1n) is 7.46. The number of para-hydroxylation sites is 2. The summed E-state index contributed by atoms with van der Waals surface area (Å²) in [5.41, 5.74) is 4.49. The molecule has 0 saturated carbocycles. The molecule has 23 heavy (non-hydrogen) atoms. The highest BCUT2D eigenvalue weighted by molar-refractivity contribution is 7.91. The third kappa shape index (κ3) is 3.71. The quantitative estimate of drug-likeness (QED) is 0.874. The zero-order valence-corrected chi connectivity index (χ0v) is 13.4. The van der Waals surface area contributed by atoms with Crippen LogP contribution in [0.15, 0.2) is 60.7 Å². The fourth-order valence-corrected chi connectivity index (χ4v) is 4.38. The predicted molar refractivity (Wildman–Crippen MR) is 89.9 cm³/mol. The normalized spacial score (nSPS) is 19.2. The molecule has 0 bridgehead atoms. The van der Waals surface area contributed by atoms with Crippen LogP contribution in [0.25, 0.3) is 0 Å². The van der Waals surface area contributed by atoms with E-state index in [0.29, 0.717) is 6.42 Å². The first kappa shape index (κ1) is 15.6. The minimum atomic E-state index is -3.08. The summed E-state index contributed by atoms with van der Waals surface area (Å²) >= 11 is 0. The molecule has 1 N–H and O–H groups in total. The summed E-state index contributed by atoms with van der Waals surface area (Å²) in [6, 6.07) is 18.9. The fraction of sp³-hybridized carbons (Fsp3) is 0.235. The second-order valence-electron chi connectivity index (χ2n) is 5.58. The van der Waals surface area contributed by atoms with Gasteiger partial charge in [-0.05, 0) is 30.7 Å². The Balaban J connectivity index is 1.84. The van der Waals surface area contributed by atoms with Crippen molar-refractivity contribution in [2.75, 3.05) is 16.5 Å². The molecule has 0 spiro atoms. The Labute approximate surface area is 135 Å².